The molecule has 1 aromatic heterocycles. The SMILES string of the molecule is CO[C@H]1/C=C/O[C@@]2(C)Oc3c(C)c(=O)c4c(O)c(c5oc6cc(OCc7ccccc7CN(C)C)ccc6nc5c4c3C2=O)NC(=O)/C(C)=C\C=C\[C@H](C)[C@H](O)[C@@H](C)[C@@H](O)[C@@H](C)[C@H](OC(C)=O)[C@@H]1C. The Morgan fingerprint density at radius 1 is 0.942 bits per heavy atom. The van der Waals surface area contributed by atoms with Gasteiger partial charge in [-0.25, -0.2) is 4.98 Å². The fraction of sp³-hybridized carbons (Fsp3) is 0.415. The van der Waals surface area contributed by atoms with E-state index < -0.39 is 82.7 Å². The standard InChI is InChI=1S/C53H61N3O13/c1-26-15-14-16-27(2)52(63)55-43-47(61)40-39(42-50(43)68-38-23-35(19-20-36(38)54-42)65-25-34-18-13-12-17-33(34)24-56(9)10)41-49(31(6)46(40)60)69-53(8,51(41)62)66-22-21-37(64-11)28(3)48(67-32(7)57)30(5)45(59)29(4)44(26)58/h12-23,26,28-30,37,44-45,48,58-59,61H,24-25H2,1-11H3,(H,55,63)/b15-14+,22-21+,27-16-/t26-,28+,29+,30+,37-,44-,45+,48+,53-/m0/s1. The lowest BCUT2D eigenvalue weighted by molar-refractivity contribution is -0.160. The lowest BCUT2D eigenvalue weighted by Crippen LogP contribution is -2.46. The van der Waals surface area contributed by atoms with Crippen molar-refractivity contribution in [3.63, 3.8) is 0 Å². The number of nitrogens with one attached hydrogen (secondary N) is 1. The summed E-state index contributed by atoms with van der Waals surface area (Å²) in [6.07, 6.45) is 3.58. The minimum Gasteiger partial charge on any atom is -0.505 e. The van der Waals surface area contributed by atoms with Crippen molar-refractivity contribution in [3.8, 4) is 17.2 Å². The molecule has 16 heteroatoms. The van der Waals surface area contributed by atoms with Gasteiger partial charge in [0.25, 0.3) is 11.7 Å². The Morgan fingerprint density at radius 2 is 1.65 bits per heavy atom. The maximum atomic E-state index is 14.8. The number of aromatic hydroxyl groups is 1. The Hall–Kier alpha value is -6.59. The second kappa shape index (κ2) is 20.2. The van der Waals surface area contributed by atoms with Crippen molar-refractivity contribution < 1.29 is 57.8 Å². The van der Waals surface area contributed by atoms with Crippen molar-refractivity contribution in [2.75, 3.05) is 26.5 Å². The van der Waals surface area contributed by atoms with Gasteiger partial charge in [-0.15, -0.1) is 0 Å². The molecule has 4 bridgehead atoms. The summed E-state index contributed by atoms with van der Waals surface area (Å²) >= 11 is 0. The highest BCUT2D eigenvalue weighted by Gasteiger charge is 2.49. The number of aliphatic hydroxyl groups excluding tert-OH is 2. The van der Waals surface area contributed by atoms with Crippen LogP contribution >= 0.6 is 0 Å². The minimum absolute atomic E-state index is 0.0156. The number of allylic oxidation sites excluding steroid dienone is 2. The number of hydrogen-bond acceptors (Lipinski definition) is 15. The summed E-state index contributed by atoms with van der Waals surface area (Å²) in [5, 5.41) is 37.6. The summed E-state index contributed by atoms with van der Waals surface area (Å²) in [5.41, 5.74) is 1.47. The monoisotopic (exact) mass is 947 g/mol. The van der Waals surface area contributed by atoms with Crippen molar-refractivity contribution in [2.24, 2.45) is 23.7 Å². The average Bonchev–Trinajstić information content (AvgIpc) is 3.58. The number of ether oxygens (including phenoxy) is 5. The molecule has 7 rings (SSSR count). The van der Waals surface area contributed by atoms with E-state index in [0.717, 1.165) is 11.1 Å². The molecule has 0 radical (unpaired) electrons. The number of hydrogen-bond donors (Lipinski definition) is 4. The summed E-state index contributed by atoms with van der Waals surface area (Å²) in [6.45, 7) is 13.5. The number of Topliss-reactive ketones (excluding diaryl/α,β-unsaturated/α-hetero) is 1. The Balaban J connectivity index is 1.40. The Morgan fingerprint density at radius 3 is 2.33 bits per heavy atom. The molecule has 4 aromatic carbocycles. The molecular weight excluding hydrogens is 887 g/mol. The van der Waals surface area contributed by atoms with E-state index in [1.165, 1.54) is 53.2 Å². The van der Waals surface area contributed by atoms with E-state index in [4.69, 9.17) is 33.1 Å². The van der Waals surface area contributed by atoms with E-state index in [0.29, 0.717) is 17.8 Å². The van der Waals surface area contributed by atoms with Gasteiger partial charge in [0.05, 0.1) is 35.5 Å². The van der Waals surface area contributed by atoms with Crippen LogP contribution in [0.3, 0.4) is 0 Å². The molecule has 2 aliphatic rings. The van der Waals surface area contributed by atoms with Gasteiger partial charge in [-0.1, -0.05) is 70.2 Å². The summed E-state index contributed by atoms with van der Waals surface area (Å²) in [4.78, 5) is 62.7. The van der Waals surface area contributed by atoms with Crippen molar-refractivity contribution >= 4 is 56.3 Å². The average molecular weight is 948 g/mol. The smallest absolute Gasteiger partial charge is 0.312 e. The van der Waals surface area contributed by atoms with Gasteiger partial charge in [-0.05, 0) is 57.3 Å². The Bertz CT molecular complexity index is 2970. The first-order valence-electron chi connectivity index (χ1n) is 22.9. The number of carbonyl (C=O) groups excluding carboxylic acids is 3. The van der Waals surface area contributed by atoms with Gasteiger partial charge in [0.15, 0.2) is 22.3 Å². The second-order valence-electron chi connectivity index (χ2n) is 18.7. The molecule has 9 atom stereocenters. The molecule has 5 aromatic rings. The van der Waals surface area contributed by atoms with Crippen molar-refractivity contribution in [3.05, 3.63) is 111 Å². The van der Waals surface area contributed by atoms with Gasteiger partial charge < -0.3 is 53.6 Å². The highest BCUT2D eigenvalue weighted by Crippen LogP contribution is 2.48. The first-order valence-corrected chi connectivity index (χ1v) is 22.9. The van der Waals surface area contributed by atoms with E-state index in [-0.39, 0.29) is 62.2 Å². The quantitative estimate of drug-likeness (QED) is 0.0534. The molecule has 1 amide bonds. The maximum Gasteiger partial charge on any atom is 0.312 e. The first kappa shape index (κ1) is 50.3. The zero-order valence-corrected chi connectivity index (χ0v) is 40.8. The third-order valence-electron chi connectivity index (χ3n) is 13.3. The number of carbonyl (C=O) groups is 3. The number of rotatable bonds is 7. The van der Waals surface area contributed by atoms with Crippen LogP contribution in [-0.4, -0.2) is 94.3 Å². The fourth-order valence-electron chi connectivity index (χ4n) is 9.23. The van der Waals surface area contributed by atoms with Crippen LogP contribution in [0.25, 0.3) is 33.0 Å². The van der Waals surface area contributed by atoms with E-state index >= 15 is 0 Å². The van der Waals surface area contributed by atoms with Crippen LogP contribution in [-0.2, 0) is 37.0 Å². The van der Waals surface area contributed by atoms with Crippen LogP contribution in [0.1, 0.15) is 75.5 Å². The van der Waals surface area contributed by atoms with Crippen LogP contribution in [0.5, 0.6) is 17.2 Å². The van der Waals surface area contributed by atoms with E-state index in [1.807, 2.05) is 38.4 Å². The largest absolute Gasteiger partial charge is 0.505 e. The number of ketones is 1. The summed E-state index contributed by atoms with van der Waals surface area (Å²) in [7, 11) is 5.42. The third kappa shape index (κ3) is 9.84. The molecule has 0 fully saturated rings. The molecule has 0 spiro atoms. The predicted octanol–water partition coefficient (Wildman–Crippen LogP) is 7.64. The fourth-order valence-corrected chi connectivity index (χ4v) is 9.23. The molecular formula is C53H61N3O13. The molecule has 0 saturated heterocycles. The number of aliphatic hydroxyl groups is 2. The van der Waals surface area contributed by atoms with Gasteiger partial charge in [-0.2, -0.15) is 0 Å². The van der Waals surface area contributed by atoms with Gasteiger partial charge in [0.2, 0.25) is 0 Å². The molecule has 69 heavy (non-hydrogen) atoms. The molecule has 4 N–H and O–H groups in total. The lowest BCUT2D eigenvalue weighted by atomic mass is 9.78. The molecule has 3 heterocycles. The minimum atomic E-state index is -2.06. The molecule has 16 nitrogen and oxygen atoms in total. The predicted molar refractivity (Wildman–Crippen MR) is 260 cm³/mol. The number of phenolic OH excluding ortho intramolecular Hbond substituents is 1. The lowest BCUT2D eigenvalue weighted by Gasteiger charge is -2.38. The molecule has 2 aliphatic heterocycles. The van der Waals surface area contributed by atoms with Crippen LogP contribution in [0.15, 0.2) is 87.8 Å². The van der Waals surface area contributed by atoms with Gasteiger partial charge >= 0.3 is 11.8 Å². The molecule has 0 saturated carbocycles. The summed E-state index contributed by atoms with van der Waals surface area (Å²) < 4.78 is 36.7. The van der Waals surface area contributed by atoms with Gasteiger partial charge in [0, 0.05) is 73.8 Å². The highest BCUT2D eigenvalue weighted by molar-refractivity contribution is 6.26. The zero-order chi connectivity index (χ0) is 50.2. The number of methoxy groups -OCH3 is 1. The second-order valence-corrected chi connectivity index (χ2v) is 18.7. The van der Waals surface area contributed by atoms with Gasteiger partial charge in [0.1, 0.15) is 40.9 Å². The van der Waals surface area contributed by atoms with Crippen molar-refractivity contribution in [2.45, 2.75) is 98.7 Å². The third-order valence-corrected chi connectivity index (χ3v) is 13.3. The van der Waals surface area contributed by atoms with Crippen molar-refractivity contribution in [1.29, 1.82) is 0 Å². The summed E-state index contributed by atoms with van der Waals surface area (Å²) in [5.74, 6) is -6.91. The zero-order valence-electron chi connectivity index (χ0n) is 40.8. The number of anilines is 1. The number of benzene rings is 4. The number of fused-ring (bicyclic) bond motifs is 2. The van der Waals surface area contributed by atoms with Crippen LogP contribution in [0, 0.1) is 30.6 Å². The van der Waals surface area contributed by atoms with Crippen LogP contribution in [0.2, 0.25) is 0 Å². The molecule has 0 aliphatic carbocycles. The number of aromatic nitrogens is 1. The van der Waals surface area contributed by atoms with E-state index in [2.05, 4.69) is 10.2 Å². The first-order chi connectivity index (χ1) is 32.7. The van der Waals surface area contributed by atoms with E-state index in [9.17, 15) is 34.5 Å². The molecule has 366 valence electrons. The van der Waals surface area contributed by atoms with Crippen molar-refractivity contribution in [1.82, 2.24) is 9.88 Å². The topological polar surface area (TPSA) is 216 Å². The number of esters is 1. The highest BCUT2D eigenvalue weighted by atomic mass is 16.7. The van der Waals surface area contributed by atoms with Crippen LogP contribution in [0.4, 0.5) is 5.69 Å². The normalized spacial score (nSPS) is 27.5. The van der Waals surface area contributed by atoms with Gasteiger partial charge in [-0.3, -0.25) is 19.2 Å². The number of nitrogens with zero attached hydrogens (tertiary/aromatic N) is 2. The Kier molecular flexibility index (Phi) is 14.7. The number of phenols is 1. The Labute approximate surface area is 400 Å². The maximum absolute atomic E-state index is 14.8. The van der Waals surface area contributed by atoms with Crippen LogP contribution < -0.4 is 20.2 Å². The number of amides is 1. The summed E-state index contributed by atoms with van der Waals surface area (Å²) in [6, 6.07) is 12.9. The van der Waals surface area contributed by atoms with E-state index in [1.54, 1.807) is 58.0 Å². The molecule has 0 unspecified atom stereocenters.